The standard InChI is InChI=1S/C52H61ClF3N7O5/c1-4-31(2)51(66)62-23-21-61(22-24-62)50-38-28-40(53)45(47(56)48(38)57-30-59(50)3)46-41(55)6-5-7-43(46)68-25-17-33-10-8-32(9-11-33)14-18-60-19-15-34(16-20-60)36-26-35(54)27-37-39(36)29-63(52(37)67)42-12-13-44(64)58-49(42)65/h5-7,26-28,32-34,42H,2,4,8-25,29-30H2,1,3H3,(H,58,64,65). The molecule has 0 bridgehead atoms. The van der Waals surface area contributed by atoms with Gasteiger partial charge in [0.2, 0.25) is 17.7 Å². The molecule has 1 atom stereocenters. The Balaban J connectivity index is 0.764. The Hall–Kier alpha value is -5.41. The molecular formula is C52H61ClF3N7O5. The third-order valence-corrected chi connectivity index (χ3v) is 15.6. The summed E-state index contributed by atoms with van der Waals surface area (Å²) in [7, 11) is 1.89. The number of rotatable bonds is 13. The number of hydrogen-bond acceptors (Lipinski definition) is 9. The first-order valence-electron chi connectivity index (χ1n) is 24.4. The van der Waals surface area contributed by atoms with Crippen molar-refractivity contribution in [1.82, 2.24) is 29.8 Å². The van der Waals surface area contributed by atoms with Crippen molar-refractivity contribution >= 4 is 41.1 Å². The average Bonchev–Trinajstić information content (AvgIpc) is 3.66. The normalized spacial score (nSPS) is 22.5. The molecule has 4 fully saturated rings. The smallest absolute Gasteiger partial charge is 0.255 e. The largest absolute Gasteiger partial charge is 0.493 e. The van der Waals surface area contributed by atoms with Gasteiger partial charge in [-0.1, -0.05) is 56.9 Å². The Morgan fingerprint density at radius 2 is 1.63 bits per heavy atom. The molecule has 0 radical (unpaired) electrons. The number of benzene rings is 3. The van der Waals surface area contributed by atoms with Crippen LogP contribution in [-0.2, 0) is 20.9 Å². The number of hydrogen-bond donors (Lipinski definition) is 1. The second kappa shape index (κ2) is 20.3. The molecule has 4 amide bonds. The zero-order valence-electron chi connectivity index (χ0n) is 39.1. The van der Waals surface area contributed by atoms with Gasteiger partial charge in [0.05, 0.1) is 17.2 Å². The fourth-order valence-corrected chi connectivity index (χ4v) is 11.7. The lowest BCUT2D eigenvalue weighted by molar-refractivity contribution is -0.137. The zero-order valence-corrected chi connectivity index (χ0v) is 39.8. The molecule has 0 spiro atoms. The Kier molecular flexibility index (Phi) is 14.2. The lowest BCUT2D eigenvalue weighted by Gasteiger charge is -2.40. The second-order valence-electron chi connectivity index (χ2n) is 19.5. The fraction of sp³-hybridized carbons (Fsp3) is 0.519. The van der Waals surface area contributed by atoms with Crippen molar-refractivity contribution < 1.29 is 37.1 Å². The van der Waals surface area contributed by atoms with E-state index in [1.807, 2.05) is 18.9 Å². The summed E-state index contributed by atoms with van der Waals surface area (Å²) in [5, 5.41) is 3.04. The number of halogens is 4. The third-order valence-electron chi connectivity index (χ3n) is 15.3. The summed E-state index contributed by atoms with van der Waals surface area (Å²) >= 11 is 6.89. The molecule has 16 heteroatoms. The first-order valence-corrected chi connectivity index (χ1v) is 24.8. The van der Waals surface area contributed by atoms with Crippen molar-refractivity contribution in [3.8, 4) is 16.9 Å². The van der Waals surface area contributed by atoms with E-state index in [1.165, 1.54) is 17.0 Å². The number of piperidine rings is 2. The molecule has 3 saturated heterocycles. The van der Waals surface area contributed by atoms with Crippen molar-refractivity contribution in [3.05, 3.63) is 98.3 Å². The van der Waals surface area contributed by atoms with Gasteiger partial charge in [0.1, 0.15) is 41.3 Å². The van der Waals surface area contributed by atoms with Crippen LogP contribution in [0.4, 0.5) is 13.2 Å². The molecule has 1 unspecified atom stereocenters. The van der Waals surface area contributed by atoms with Crippen LogP contribution >= 0.6 is 11.6 Å². The number of nitrogens with one attached hydrogen (secondary N) is 1. The summed E-state index contributed by atoms with van der Waals surface area (Å²) in [6.45, 7) is 11.5. The van der Waals surface area contributed by atoms with E-state index in [0.29, 0.717) is 67.4 Å². The van der Waals surface area contributed by atoms with E-state index in [4.69, 9.17) is 16.3 Å². The van der Waals surface area contributed by atoms with Crippen molar-refractivity contribution in [2.45, 2.75) is 96.1 Å². The number of likely N-dealkylation sites (tertiary alicyclic amines) is 1. The summed E-state index contributed by atoms with van der Waals surface area (Å²) in [6.07, 6.45) is 9.04. The van der Waals surface area contributed by atoms with Gasteiger partial charge in [0.25, 0.3) is 5.91 Å². The van der Waals surface area contributed by atoms with E-state index in [9.17, 15) is 23.6 Å². The molecule has 3 aromatic rings. The van der Waals surface area contributed by atoms with Gasteiger partial charge in [0.15, 0.2) is 5.82 Å². The minimum absolute atomic E-state index is 0.0177. The van der Waals surface area contributed by atoms with Gasteiger partial charge >= 0.3 is 0 Å². The van der Waals surface area contributed by atoms with Crippen LogP contribution < -0.4 is 20.6 Å². The molecule has 1 saturated carbocycles. The second-order valence-corrected chi connectivity index (χ2v) is 19.9. The van der Waals surface area contributed by atoms with Gasteiger partial charge in [0, 0.05) is 68.1 Å². The summed E-state index contributed by atoms with van der Waals surface area (Å²) in [5.41, 5.74) is 2.48. The zero-order chi connectivity index (χ0) is 47.8. The van der Waals surface area contributed by atoms with E-state index < -0.39 is 29.4 Å². The van der Waals surface area contributed by atoms with Crippen LogP contribution in [0.3, 0.4) is 0 Å². The van der Waals surface area contributed by atoms with Crippen LogP contribution in [-0.4, -0.2) is 120 Å². The maximum absolute atomic E-state index is 16.7. The number of ether oxygens (including phenoxy) is 1. The SMILES string of the molecule is C=C(CC)C(=O)N1CCN(C2=c3cc(Cl)c(-c4c(F)cccc4OCCC4CCC(CCN5CCC(c6cc(F)cc7c6CN(C6CCC(=O)NC6=O)C7=O)CC5)CC4)c(F)c3=NCN2C)CC1. The van der Waals surface area contributed by atoms with Crippen LogP contribution in [0.5, 0.6) is 5.75 Å². The third kappa shape index (κ3) is 9.61. The highest BCUT2D eigenvalue weighted by atomic mass is 35.5. The predicted molar refractivity (Wildman–Crippen MR) is 252 cm³/mol. The maximum atomic E-state index is 16.7. The van der Waals surface area contributed by atoms with Gasteiger partial charge in [-0.05, 0) is 117 Å². The maximum Gasteiger partial charge on any atom is 0.255 e. The van der Waals surface area contributed by atoms with Crippen molar-refractivity contribution in [2.75, 3.05) is 66.1 Å². The highest BCUT2D eigenvalue weighted by molar-refractivity contribution is 6.33. The molecule has 1 aliphatic carbocycles. The first kappa shape index (κ1) is 47.6. The molecule has 12 nitrogen and oxygen atoms in total. The summed E-state index contributed by atoms with van der Waals surface area (Å²) in [4.78, 5) is 64.9. The average molecular weight is 957 g/mol. The molecule has 9 rings (SSSR count). The summed E-state index contributed by atoms with van der Waals surface area (Å²) in [6, 6.07) is 8.29. The van der Waals surface area contributed by atoms with Gasteiger partial charge in [-0.15, -0.1) is 0 Å². The van der Waals surface area contributed by atoms with E-state index in [-0.39, 0.29) is 77.0 Å². The van der Waals surface area contributed by atoms with Gasteiger partial charge in [-0.25, -0.2) is 13.2 Å². The number of nitrogens with zero attached hydrogens (tertiary/aromatic N) is 6. The molecular weight excluding hydrogens is 895 g/mol. The fourth-order valence-electron chi connectivity index (χ4n) is 11.4. The minimum Gasteiger partial charge on any atom is -0.493 e. The number of piperazine rings is 1. The molecule has 1 N–H and O–H groups in total. The summed E-state index contributed by atoms with van der Waals surface area (Å²) < 4.78 is 53.7. The van der Waals surface area contributed by atoms with Gasteiger partial charge < -0.3 is 29.2 Å². The molecule has 68 heavy (non-hydrogen) atoms. The van der Waals surface area contributed by atoms with Crippen LogP contribution in [0.1, 0.15) is 105 Å². The molecule has 362 valence electrons. The highest BCUT2D eigenvalue weighted by Crippen LogP contribution is 2.41. The molecule has 6 aliphatic rings. The van der Waals surface area contributed by atoms with Gasteiger partial charge in [-0.3, -0.25) is 29.5 Å². The Labute approximate surface area is 400 Å². The van der Waals surface area contributed by atoms with Crippen molar-refractivity contribution in [3.63, 3.8) is 0 Å². The van der Waals surface area contributed by atoms with Crippen LogP contribution in [0, 0.1) is 29.3 Å². The van der Waals surface area contributed by atoms with Crippen molar-refractivity contribution in [2.24, 2.45) is 16.8 Å². The Morgan fingerprint density at radius 3 is 2.34 bits per heavy atom. The summed E-state index contributed by atoms with van der Waals surface area (Å²) in [5.74, 6) is -0.784. The van der Waals surface area contributed by atoms with Crippen LogP contribution in [0.2, 0.25) is 5.02 Å². The van der Waals surface area contributed by atoms with E-state index in [2.05, 4.69) is 26.7 Å². The number of fused-ring (bicyclic) bond motifs is 2. The molecule has 3 aromatic carbocycles. The van der Waals surface area contributed by atoms with E-state index >= 15 is 8.78 Å². The first-order chi connectivity index (χ1) is 32.8. The van der Waals surface area contributed by atoms with Gasteiger partial charge in [-0.2, -0.15) is 0 Å². The Bertz CT molecular complexity index is 2620. The molecule has 0 aromatic heterocycles. The topological polar surface area (TPSA) is 118 Å². The monoisotopic (exact) mass is 955 g/mol. The minimum atomic E-state index is -0.734. The molecule has 5 heterocycles. The van der Waals surface area contributed by atoms with E-state index in [1.54, 1.807) is 29.2 Å². The Morgan fingerprint density at radius 1 is 0.912 bits per heavy atom. The predicted octanol–water partition coefficient (Wildman–Crippen LogP) is 6.73. The van der Waals surface area contributed by atoms with E-state index in [0.717, 1.165) is 87.9 Å². The number of imide groups is 1. The number of carbonyl (C=O) groups is 4. The quantitative estimate of drug-likeness (QED) is 0.148. The highest BCUT2D eigenvalue weighted by Gasteiger charge is 2.41. The van der Waals surface area contributed by atoms with Crippen molar-refractivity contribution in [1.29, 1.82) is 0 Å². The number of carbonyl (C=O) groups excluding carboxylic acids is 4. The number of amides is 4. The van der Waals surface area contributed by atoms with Crippen LogP contribution in [0.25, 0.3) is 16.9 Å². The van der Waals surface area contributed by atoms with Crippen LogP contribution in [0.15, 0.2) is 53.5 Å². The lowest BCUT2D eigenvalue weighted by Crippen LogP contribution is -2.54. The molecule has 5 aliphatic heterocycles. The lowest BCUT2D eigenvalue weighted by atomic mass is 9.79.